The summed E-state index contributed by atoms with van der Waals surface area (Å²) in [6.45, 7) is 0.371. The van der Waals surface area contributed by atoms with Gasteiger partial charge in [0.15, 0.2) is 0 Å². The van der Waals surface area contributed by atoms with Crippen molar-refractivity contribution in [3.8, 4) is 0 Å². The predicted molar refractivity (Wildman–Crippen MR) is 113 cm³/mol. The van der Waals surface area contributed by atoms with Crippen LogP contribution in [0.2, 0.25) is 0 Å². The van der Waals surface area contributed by atoms with Crippen molar-refractivity contribution >= 4 is 33.4 Å². The van der Waals surface area contributed by atoms with Crippen LogP contribution in [0.25, 0.3) is 0 Å². The number of hydrogen-bond donors (Lipinski definition) is 2. The van der Waals surface area contributed by atoms with Gasteiger partial charge in [0.2, 0.25) is 5.91 Å². The van der Waals surface area contributed by atoms with E-state index in [1.165, 1.54) is 6.20 Å². The van der Waals surface area contributed by atoms with E-state index in [1.807, 2.05) is 48.5 Å². The summed E-state index contributed by atoms with van der Waals surface area (Å²) in [4.78, 5) is 28.3. The molecule has 0 radical (unpaired) electrons. The molecule has 0 aliphatic rings. The summed E-state index contributed by atoms with van der Waals surface area (Å²) in [5, 5.41) is 5.76. The third-order valence-electron chi connectivity index (χ3n) is 4.14. The molecule has 3 aromatic rings. The van der Waals surface area contributed by atoms with Crippen LogP contribution in [0.3, 0.4) is 0 Å². The van der Waals surface area contributed by atoms with Crippen LogP contribution in [-0.4, -0.2) is 16.8 Å². The Kier molecular flexibility index (Phi) is 6.92. The highest BCUT2D eigenvalue weighted by molar-refractivity contribution is 9.10. The Labute approximate surface area is 172 Å². The van der Waals surface area contributed by atoms with Gasteiger partial charge in [0.1, 0.15) is 0 Å². The van der Waals surface area contributed by atoms with E-state index >= 15 is 0 Å². The van der Waals surface area contributed by atoms with Gasteiger partial charge >= 0.3 is 0 Å². The molecule has 2 aromatic carbocycles. The molecule has 6 heteroatoms. The molecule has 0 unspecified atom stereocenters. The Morgan fingerprint density at radius 3 is 2.54 bits per heavy atom. The molecule has 0 bridgehead atoms. The summed E-state index contributed by atoms with van der Waals surface area (Å²) in [5.74, 6) is -0.225. The van der Waals surface area contributed by atoms with Crippen molar-refractivity contribution in [3.63, 3.8) is 0 Å². The van der Waals surface area contributed by atoms with E-state index in [1.54, 1.807) is 18.3 Å². The van der Waals surface area contributed by atoms with E-state index in [-0.39, 0.29) is 11.8 Å². The lowest BCUT2D eigenvalue weighted by molar-refractivity contribution is -0.116. The molecule has 0 saturated heterocycles. The fraction of sp³-hybridized carbons (Fsp3) is 0.136. The number of benzene rings is 2. The predicted octanol–water partition coefficient (Wildman–Crippen LogP) is 4.35. The maximum absolute atomic E-state index is 12.2. The van der Waals surface area contributed by atoms with E-state index in [0.29, 0.717) is 30.6 Å². The smallest absolute Gasteiger partial charge is 0.253 e. The van der Waals surface area contributed by atoms with Gasteiger partial charge in [-0.15, -0.1) is 0 Å². The van der Waals surface area contributed by atoms with Gasteiger partial charge in [-0.25, -0.2) is 0 Å². The number of anilines is 1. The summed E-state index contributed by atoms with van der Waals surface area (Å²) < 4.78 is 1.02. The molecule has 1 aromatic heterocycles. The Morgan fingerprint density at radius 1 is 0.964 bits per heavy atom. The number of pyridine rings is 1. The molecule has 0 atom stereocenters. The number of hydrogen-bond acceptors (Lipinski definition) is 3. The molecule has 0 spiro atoms. The maximum atomic E-state index is 12.2. The molecule has 1 heterocycles. The number of aromatic nitrogens is 1. The average Bonchev–Trinajstić information content (AvgIpc) is 2.72. The molecule has 3 rings (SSSR count). The molecular weight excluding hydrogens is 418 g/mol. The highest BCUT2D eigenvalue weighted by Crippen LogP contribution is 2.14. The Balaban J connectivity index is 1.50. The standard InChI is InChI=1S/C22H20BrN3O2/c23-19-9-6-16(7-10-19)8-11-21(27)26-20-5-1-3-17(13-20)14-25-22(28)18-4-2-12-24-15-18/h1-7,9-10,12-13,15H,8,11,14H2,(H,25,28)(H,26,27). The van der Waals surface area contributed by atoms with Crippen LogP contribution in [0.1, 0.15) is 27.9 Å². The topological polar surface area (TPSA) is 71.1 Å². The molecule has 142 valence electrons. The minimum atomic E-state index is -0.183. The van der Waals surface area contributed by atoms with Gasteiger partial charge < -0.3 is 10.6 Å². The Morgan fingerprint density at radius 2 is 1.79 bits per heavy atom. The second-order valence-electron chi connectivity index (χ2n) is 6.30. The van der Waals surface area contributed by atoms with Crippen molar-refractivity contribution in [2.75, 3.05) is 5.32 Å². The first-order chi connectivity index (χ1) is 13.6. The highest BCUT2D eigenvalue weighted by Gasteiger charge is 2.07. The van der Waals surface area contributed by atoms with E-state index in [0.717, 1.165) is 15.6 Å². The Hall–Kier alpha value is -2.99. The minimum absolute atomic E-state index is 0.0422. The van der Waals surface area contributed by atoms with Crippen LogP contribution in [0, 0.1) is 0 Å². The van der Waals surface area contributed by atoms with E-state index < -0.39 is 0 Å². The van der Waals surface area contributed by atoms with Crippen LogP contribution < -0.4 is 10.6 Å². The zero-order chi connectivity index (χ0) is 19.8. The first kappa shape index (κ1) is 19.8. The van der Waals surface area contributed by atoms with Gasteiger partial charge in [0.05, 0.1) is 5.56 Å². The number of aryl methyl sites for hydroxylation is 1. The third-order valence-corrected chi connectivity index (χ3v) is 4.67. The quantitative estimate of drug-likeness (QED) is 0.577. The number of carbonyl (C=O) groups is 2. The van der Waals surface area contributed by atoms with E-state index in [9.17, 15) is 9.59 Å². The minimum Gasteiger partial charge on any atom is -0.348 e. The second kappa shape index (κ2) is 9.80. The van der Waals surface area contributed by atoms with Crippen LogP contribution in [-0.2, 0) is 17.8 Å². The largest absolute Gasteiger partial charge is 0.348 e. The molecule has 0 fully saturated rings. The zero-order valence-corrected chi connectivity index (χ0v) is 16.8. The van der Waals surface area contributed by atoms with Crippen molar-refractivity contribution in [2.45, 2.75) is 19.4 Å². The lowest BCUT2D eigenvalue weighted by atomic mass is 10.1. The molecule has 28 heavy (non-hydrogen) atoms. The van der Waals surface area contributed by atoms with Gasteiger partial charge in [-0.2, -0.15) is 0 Å². The molecule has 0 saturated carbocycles. The molecule has 0 aliphatic carbocycles. The Bertz CT molecular complexity index is 944. The van der Waals surface area contributed by atoms with Gasteiger partial charge in [-0.1, -0.05) is 40.2 Å². The molecule has 2 amide bonds. The van der Waals surface area contributed by atoms with Crippen LogP contribution in [0.5, 0.6) is 0 Å². The number of rotatable bonds is 7. The van der Waals surface area contributed by atoms with Gasteiger partial charge in [0, 0.05) is 35.5 Å². The van der Waals surface area contributed by atoms with Gasteiger partial charge in [0.25, 0.3) is 5.91 Å². The molecule has 0 aliphatic heterocycles. The number of carbonyl (C=O) groups excluding carboxylic acids is 2. The van der Waals surface area contributed by atoms with Crippen LogP contribution in [0.4, 0.5) is 5.69 Å². The van der Waals surface area contributed by atoms with Crippen molar-refractivity contribution < 1.29 is 9.59 Å². The monoisotopic (exact) mass is 437 g/mol. The lowest BCUT2D eigenvalue weighted by Crippen LogP contribution is -2.23. The highest BCUT2D eigenvalue weighted by atomic mass is 79.9. The van der Waals surface area contributed by atoms with Crippen molar-refractivity contribution in [1.29, 1.82) is 0 Å². The molecule has 2 N–H and O–H groups in total. The maximum Gasteiger partial charge on any atom is 0.253 e. The summed E-state index contributed by atoms with van der Waals surface area (Å²) in [6.07, 6.45) is 4.24. The van der Waals surface area contributed by atoms with Crippen molar-refractivity contribution in [3.05, 3.63) is 94.2 Å². The van der Waals surface area contributed by atoms with Crippen LogP contribution in [0.15, 0.2) is 77.5 Å². The zero-order valence-electron chi connectivity index (χ0n) is 15.2. The third kappa shape index (κ3) is 6.03. The van der Waals surface area contributed by atoms with E-state index in [2.05, 4.69) is 31.5 Å². The van der Waals surface area contributed by atoms with Crippen molar-refractivity contribution in [1.82, 2.24) is 10.3 Å². The number of nitrogens with one attached hydrogen (secondary N) is 2. The first-order valence-corrected chi connectivity index (χ1v) is 9.71. The summed E-state index contributed by atoms with van der Waals surface area (Å²) in [5.41, 5.74) is 3.25. The number of nitrogens with zero attached hydrogens (tertiary/aromatic N) is 1. The summed E-state index contributed by atoms with van der Waals surface area (Å²) >= 11 is 3.40. The SMILES string of the molecule is O=C(CCc1ccc(Br)cc1)Nc1cccc(CNC(=O)c2cccnc2)c1. The average molecular weight is 438 g/mol. The fourth-order valence-electron chi connectivity index (χ4n) is 2.67. The second-order valence-corrected chi connectivity index (χ2v) is 7.22. The van der Waals surface area contributed by atoms with Crippen LogP contribution >= 0.6 is 15.9 Å². The lowest BCUT2D eigenvalue weighted by Gasteiger charge is -2.09. The first-order valence-electron chi connectivity index (χ1n) is 8.91. The molecule has 5 nitrogen and oxygen atoms in total. The summed E-state index contributed by atoms with van der Waals surface area (Å²) in [7, 11) is 0. The summed E-state index contributed by atoms with van der Waals surface area (Å²) in [6, 6.07) is 18.8. The molecular formula is C22H20BrN3O2. The van der Waals surface area contributed by atoms with Gasteiger partial charge in [-0.05, 0) is 53.9 Å². The number of amides is 2. The number of halogens is 1. The van der Waals surface area contributed by atoms with Crippen molar-refractivity contribution in [2.24, 2.45) is 0 Å². The normalized spacial score (nSPS) is 10.3. The van der Waals surface area contributed by atoms with E-state index in [4.69, 9.17) is 0 Å². The fourth-order valence-corrected chi connectivity index (χ4v) is 2.94. The van der Waals surface area contributed by atoms with Gasteiger partial charge in [-0.3, -0.25) is 14.6 Å².